The highest BCUT2D eigenvalue weighted by Crippen LogP contribution is 2.24. The van der Waals surface area contributed by atoms with Gasteiger partial charge in [-0.25, -0.2) is 4.98 Å². The summed E-state index contributed by atoms with van der Waals surface area (Å²) in [4.78, 5) is 6.86. The van der Waals surface area contributed by atoms with Gasteiger partial charge in [-0.15, -0.1) is 5.10 Å². The highest BCUT2D eigenvalue weighted by molar-refractivity contribution is 5.44. The lowest BCUT2D eigenvalue weighted by atomic mass is 10.2. The zero-order valence-corrected chi connectivity index (χ0v) is 14.2. The van der Waals surface area contributed by atoms with Gasteiger partial charge in [0, 0.05) is 31.9 Å². The summed E-state index contributed by atoms with van der Waals surface area (Å²) in [7, 11) is 0. The molecule has 130 valence electrons. The van der Waals surface area contributed by atoms with E-state index in [-0.39, 0.29) is 0 Å². The van der Waals surface area contributed by atoms with E-state index in [1.807, 2.05) is 31.2 Å². The molecule has 1 atom stereocenters. The van der Waals surface area contributed by atoms with Crippen molar-refractivity contribution in [3.8, 4) is 11.7 Å². The van der Waals surface area contributed by atoms with E-state index < -0.39 is 0 Å². The SMILES string of the molecule is Cc1oc(-c2ccco2)nc1CNC[C@@H]1CCCN1c1cccnn1. The van der Waals surface area contributed by atoms with Gasteiger partial charge in [0.1, 0.15) is 5.76 Å². The molecule has 25 heavy (non-hydrogen) atoms. The van der Waals surface area contributed by atoms with Crippen LogP contribution in [0.4, 0.5) is 5.82 Å². The van der Waals surface area contributed by atoms with Crippen molar-refractivity contribution >= 4 is 5.82 Å². The monoisotopic (exact) mass is 339 g/mol. The number of hydrogen-bond donors (Lipinski definition) is 1. The molecule has 1 saturated heterocycles. The standard InChI is InChI=1S/C18H21N5O2/c1-13-15(21-18(25-13)16-6-4-10-24-16)12-19-11-14-5-3-9-23(14)17-7-2-8-20-22-17/h2,4,6-8,10,14,19H,3,5,9,11-12H2,1H3/t14-/m0/s1. The van der Waals surface area contributed by atoms with Crippen LogP contribution in [0.5, 0.6) is 0 Å². The lowest BCUT2D eigenvalue weighted by Crippen LogP contribution is -2.38. The maximum absolute atomic E-state index is 5.70. The van der Waals surface area contributed by atoms with Gasteiger partial charge in [-0.05, 0) is 44.0 Å². The second-order valence-corrected chi connectivity index (χ2v) is 6.20. The van der Waals surface area contributed by atoms with Crippen molar-refractivity contribution in [2.75, 3.05) is 18.0 Å². The molecule has 1 aliphatic rings. The Morgan fingerprint density at radius 2 is 2.28 bits per heavy atom. The number of aryl methyl sites for hydroxylation is 1. The van der Waals surface area contributed by atoms with Crippen molar-refractivity contribution in [1.82, 2.24) is 20.5 Å². The van der Waals surface area contributed by atoms with Gasteiger partial charge in [0.25, 0.3) is 5.89 Å². The van der Waals surface area contributed by atoms with Crippen LogP contribution >= 0.6 is 0 Å². The molecule has 3 aromatic heterocycles. The number of nitrogens with zero attached hydrogens (tertiary/aromatic N) is 4. The first-order chi connectivity index (χ1) is 12.3. The zero-order chi connectivity index (χ0) is 17.1. The molecule has 4 rings (SSSR count). The Hall–Kier alpha value is -2.67. The summed E-state index contributed by atoms with van der Waals surface area (Å²) in [6.07, 6.45) is 5.65. The van der Waals surface area contributed by atoms with E-state index in [4.69, 9.17) is 8.83 Å². The number of oxazole rings is 1. The predicted octanol–water partition coefficient (Wildman–Crippen LogP) is 2.79. The number of nitrogens with one attached hydrogen (secondary N) is 1. The molecule has 1 N–H and O–H groups in total. The third-order valence-corrected chi connectivity index (χ3v) is 4.53. The maximum Gasteiger partial charge on any atom is 0.263 e. The normalized spacial score (nSPS) is 17.3. The minimum absolute atomic E-state index is 0.424. The molecular weight excluding hydrogens is 318 g/mol. The Labute approximate surface area is 146 Å². The van der Waals surface area contributed by atoms with Crippen LogP contribution in [0.2, 0.25) is 0 Å². The Balaban J connectivity index is 1.36. The van der Waals surface area contributed by atoms with Crippen molar-refractivity contribution in [1.29, 1.82) is 0 Å². The quantitative estimate of drug-likeness (QED) is 0.739. The summed E-state index contributed by atoms with van der Waals surface area (Å²) < 4.78 is 11.0. The molecule has 3 aromatic rings. The molecule has 0 amide bonds. The van der Waals surface area contributed by atoms with Crippen LogP contribution in [0.15, 0.2) is 45.6 Å². The maximum atomic E-state index is 5.70. The minimum Gasteiger partial charge on any atom is -0.459 e. The number of aromatic nitrogens is 3. The molecule has 4 heterocycles. The predicted molar refractivity (Wildman–Crippen MR) is 93.0 cm³/mol. The summed E-state index contributed by atoms with van der Waals surface area (Å²) in [6, 6.07) is 8.05. The van der Waals surface area contributed by atoms with Crippen LogP contribution in [-0.4, -0.2) is 34.3 Å². The summed E-state index contributed by atoms with van der Waals surface area (Å²) >= 11 is 0. The average Bonchev–Trinajstić information content (AvgIpc) is 3.37. The lowest BCUT2D eigenvalue weighted by Gasteiger charge is -2.25. The summed E-state index contributed by atoms with van der Waals surface area (Å²) in [5, 5.41) is 11.7. The van der Waals surface area contributed by atoms with Crippen molar-refractivity contribution < 1.29 is 8.83 Å². The molecular formula is C18H21N5O2. The molecule has 7 heteroatoms. The Morgan fingerprint density at radius 1 is 1.32 bits per heavy atom. The van der Waals surface area contributed by atoms with Gasteiger partial charge in [0.05, 0.1) is 12.0 Å². The van der Waals surface area contributed by atoms with Crippen LogP contribution in [0.25, 0.3) is 11.7 Å². The van der Waals surface area contributed by atoms with Crippen LogP contribution < -0.4 is 10.2 Å². The average molecular weight is 339 g/mol. The van der Waals surface area contributed by atoms with E-state index >= 15 is 0 Å². The van der Waals surface area contributed by atoms with Gasteiger partial charge in [0.2, 0.25) is 0 Å². The Morgan fingerprint density at radius 3 is 3.08 bits per heavy atom. The molecule has 1 fully saturated rings. The third-order valence-electron chi connectivity index (χ3n) is 4.53. The van der Waals surface area contributed by atoms with E-state index in [1.165, 1.54) is 6.42 Å². The summed E-state index contributed by atoms with van der Waals surface area (Å²) in [5.74, 6) is 2.95. The van der Waals surface area contributed by atoms with E-state index in [0.717, 1.165) is 36.8 Å². The van der Waals surface area contributed by atoms with Crippen molar-refractivity contribution in [2.45, 2.75) is 32.4 Å². The van der Waals surface area contributed by atoms with Gasteiger partial charge >= 0.3 is 0 Å². The fourth-order valence-corrected chi connectivity index (χ4v) is 3.25. The van der Waals surface area contributed by atoms with Crippen LogP contribution in [0.1, 0.15) is 24.3 Å². The lowest BCUT2D eigenvalue weighted by molar-refractivity contribution is 0.498. The van der Waals surface area contributed by atoms with Crippen LogP contribution in [0, 0.1) is 6.92 Å². The summed E-state index contributed by atoms with van der Waals surface area (Å²) in [5.41, 5.74) is 0.912. The number of hydrogen-bond acceptors (Lipinski definition) is 7. The molecule has 0 aromatic carbocycles. The fourth-order valence-electron chi connectivity index (χ4n) is 3.25. The van der Waals surface area contributed by atoms with Gasteiger partial charge in [-0.2, -0.15) is 5.10 Å². The Bertz CT molecular complexity index is 800. The second kappa shape index (κ2) is 7.06. The van der Waals surface area contributed by atoms with Gasteiger partial charge in [-0.3, -0.25) is 0 Å². The first kappa shape index (κ1) is 15.8. The molecule has 1 aliphatic heterocycles. The van der Waals surface area contributed by atoms with Crippen LogP contribution in [-0.2, 0) is 6.54 Å². The smallest absolute Gasteiger partial charge is 0.263 e. The minimum atomic E-state index is 0.424. The largest absolute Gasteiger partial charge is 0.459 e. The van der Waals surface area contributed by atoms with E-state index in [0.29, 0.717) is 24.2 Å². The number of anilines is 1. The molecule has 0 aliphatic carbocycles. The van der Waals surface area contributed by atoms with Gasteiger partial charge in [-0.1, -0.05) is 0 Å². The van der Waals surface area contributed by atoms with E-state index in [2.05, 4.69) is 25.4 Å². The molecule has 0 saturated carbocycles. The zero-order valence-electron chi connectivity index (χ0n) is 14.2. The highest BCUT2D eigenvalue weighted by Gasteiger charge is 2.25. The molecule has 0 unspecified atom stereocenters. The van der Waals surface area contributed by atoms with Crippen LogP contribution in [0.3, 0.4) is 0 Å². The number of furan rings is 1. The van der Waals surface area contributed by atoms with Gasteiger partial charge in [0.15, 0.2) is 11.6 Å². The first-order valence-corrected chi connectivity index (χ1v) is 8.56. The van der Waals surface area contributed by atoms with Crippen molar-refractivity contribution in [3.63, 3.8) is 0 Å². The third kappa shape index (κ3) is 3.41. The van der Waals surface area contributed by atoms with Gasteiger partial charge < -0.3 is 19.1 Å². The topological polar surface area (TPSA) is 80.2 Å². The van der Waals surface area contributed by atoms with E-state index in [9.17, 15) is 0 Å². The highest BCUT2D eigenvalue weighted by atomic mass is 16.4. The molecule has 0 bridgehead atoms. The Kier molecular flexibility index (Phi) is 4.47. The number of rotatable bonds is 6. The second-order valence-electron chi connectivity index (χ2n) is 6.20. The van der Waals surface area contributed by atoms with Crippen molar-refractivity contribution in [2.24, 2.45) is 0 Å². The van der Waals surface area contributed by atoms with E-state index in [1.54, 1.807) is 12.5 Å². The molecule has 0 spiro atoms. The summed E-state index contributed by atoms with van der Waals surface area (Å²) in [6.45, 7) is 4.49. The first-order valence-electron chi connectivity index (χ1n) is 8.56. The fraction of sp³-hybridized carbons (Fsp3) is 0.389. The molecule has 0 radical (unpaired) electrons. The van der Waals surface area contributed by atoms with Crippen molar-refractivity contribution in [3.05, 3.63) is 48.2 Å². The molecule has 7 nitrogen and oxygen atoms in total.